The summed E-state index contributed by atoms with van der Waals surface area (Å²) in [6.45, 7) is 1.90. The van der Waals surface area contributed by atoms with Gasteiger partial charge in [0, 0.05) is 0 Å². The largest absolute Gasteiger partial charge is 0.463 e. The van der Waals surface area contributed by atoms with Crippen molar-refractivity contribution < 1.29 is 23.9 Å². The van der Waals surface area contributed by atoms with Crippen molar-refractivity contribution in [2.75, 3.05) is 13.7 Å². The van der Waals surface area contributed by atoms with Gasteiger partial charge in [0.1, 0.15) is 0 Å². The number of methoxy groups -OCH3 is 1. The van der Waals surface area contributed by atoms with Crippen LogP contribution >= 0.6 is 0 Å². The third-order valence-corrected chi connectivity index (χ3v) is 0.993. The Kier molecular flexibility index (Phi) is 4.67. The Labute approximate surface area is 69.6 Å². The fourth-order valence-corrected chi connectivity index (χ4v) is 0.436. The van der Waals surface area contributed by atoms with Crippen molar-refractivity contribution in [3.63, 3.8) is 0 Å². The van der Waals surface area contributed by atoms with E-state index in [1.807, 2.05) is 0 Å². The van der Waals surface area contributed by atoms with Gasteiger partial charge >= 0.3 is 17.7 Å². The van der Waals surface area contributed by atoms with Crippen LogP contribution in [0.2, 0.25) is 0 Å². The zero-order chi connectivity index (χ0) is 9.56. The van der Waals surface area contributed by atoms with E-state index in [1.165, 1.54) is 0 Å². The fourth-order valence-electron chi connectivity index (χ4n) is 0.436. The quantitative estimate of drug-likeness (QED) is 0.332. The maximum atomic E-state index is 10.6. The molecule has 0 aromatic heterocycles. The Morgan fingerprint density at radius 2 is 1.75 bits per heavy atom. The molecule has 0 aliphatic carbocycles. The smallest absolute Gasteiger partial charge is 0.386 e. The van der Waals surface area contributed by atoms with E-state index in [4.69, 9.17) is 0 Å². The summed E-state index contributed by atoms with van der Waals surface area (Å²) in [7, 11) is 1.02. The van der Waals surface area contributed by atoms with Crippen molar-refractivity contribution in [2.24, 2.45) is 0 Å². The fraction of sp³-hybridized carbons (Fsp3) is 0.571. The lowest BCUT2D eigenvalue weighted by Gasteiger charge is -1.99. The Hall–Kier alpha value is -1.39. The number of hydrogen-bond acceptors (Lipinski definition) is 5. The minimum atomic E-state index is -1.27. The molecule has 0 amide bonds. The van der Waals surface area contributed by atoms with Crippen molar-refractivity contribution >= 4 is 17.7 Å². The van der Waals surface area contributed by atoms with Gasteiger partial charge in [-0.15, -0.1) is 0 Å². The van der Waals surface area contributed by atoms with Crippen molar-refractivity contribution in [3.8, 4) is 0 Å². The number of ether oxygens (including phenoxy) is 2. The summed E-state index contributed by atoms with van der Waals surface area (Å²) in [6, 6.07) is 0. The monoisotopic (exact) mass is 174 g/mol. The van der Waals surface area contributed by atoms with Gasteiger partial charge in [0.25, 0.3) is 0 Å². The molecule has 5 nitrogen and oxygen atoms in total. The third kappa shape index (κ3) is 3.14. The molecular formula is C7H10O5. The molecule has 68 valence electrons. The molecule has 0 aliphatic heterocycles. The minimum absolute atomic E-state index is 0.127. The van der Waals surface area contributed by atoms with Crippen LogP contribution in [0.15, 0.2) is 0 Å². The van der Waals surface area contributed by atoms with Crippen molar-refractivity contribution in [3.05, 3.63) is 0 Å². The minimum Gasteiger partial charge on any atom is -0.463 e. The number of Topliss-reactive ketones (excluding diaryl/α,β-unsaturated/α-hetero) is 1. The number of hydrogen-bond donors (Lipinski definition) is 0. The second kappa shape index (κ2) is 5.29. The van der Waals surface area contributed by atoms with Crippen LogP contribution in [-0.2, 0) is 23.9 Å². The van der Waals surface area contributed by atoms with Crippen LogP contribution in [0.3, 0.4) is 0 Å². The van der Waals surface area contributed by atoms with Gasteiger partial charge in [-0.2, -0.15) is 0 Å². The summed E-state index contributed by atoms with van der Waals surface area (Å²) in [5, 5.41) is 0. The SMILES string of the molecule is CCCOC(=O)C(=O)C(=O)OC. The lowest BCUT2D eigenvalue weighted by molar-refractivity contribution is -0.163. The maximum absolute atomic E-state index is 10.6. The summed E-state index contributed by atoms with van der Waals surface area (Å²) in [5.41, 5.74) is 0. The van der Waals surface area contributed by atoms with Crippen molar-refractivity contribution in [1.29, 1.82) is 0 Å². The normalized spacial score (nSPS) is 8.83. The summed E-state index contributed by atoms with van der Waals surface area (Å²) >= 11 is 0. The highest BCUT2D eigenvalue weighted by molar-refractivity contribution is 6.60. The number of rotatable bonds is 4. The van der Waals surface area contributed by atoms with Crippen LogP contribution in [0.1, 0.15) is 13.3 Å². The zero-order valence-electron chi connectivity index (χ0n) is 6.96. The van der Waals surface area contributed by atoms with E-state index in [0.29, 0.717) is 6.42 Å². The van der Waals surface area contributed by atoms with Crippen molar-refractivity contribution in [2.45, 2.75) is 13.3 Å². The molecule has 0 aliphatic rings. The molecule has 0 bridgehead atoms. The molecule has 12 heavy (non-hydrogen) atoms. The highest BCUT2D eigenvalue weighted by Gasteiger charge is 2.24. The van der Waals surface area contributed by atoms with E-state index >= 15 is 0 Å². The lowest BCUT2D eigenvalue weighted by Crippen LogP contribution is -2.27. The number of esters is 2. The first kappa shape index (κ1) is 10.6. The van der Waals surface area contributed by atoms with Gasteiger partial charge in [-0.25, -0.2) is 9.59 Å². The summed E-state index contributed by atoms with van der Waals surface area (Å²) in [6.07, 6.45) is 0.597. The number of carbonyl (C=O) groups excluding carboxylic acids is 3. The molecule has 5 heteroatoms. The molecule has 0 rings (SSSR count). The molecule has 0 fully saturated rings. The van der Waals surface area contributed by atoms with E-state index in [2.05, 4.69) is 9.47 Å². The van der Waals surface area contributed by atoms with E-state index in [0.717, 1.165) is 7.11 Å². The topological polar surface area (TPSA) is 69.7 Å². The molecule has 0 aromatic rings. The van der Waals surface area contributed by atoms with Gasteiger partial charge in [-0.3, -0.25) is 4.79 Å². The second-order valence-electron chi connectivity index (χ2n) is 1.96. The zero-order valence-corrected chi connectivity index (χ0v) is 6.96. The van der Waals surface area contributed by atoms with Crippen LogP contribution in [0.5, 0.6) is 0 Å². The number of ketones is 1. The predicted octanol–water partition coefficient (Wildman–Crippen LogP) is -0.318. The summed E-state index contributed by atoms with van der Waals surface area (Å²) in [5.74, 6) is -3.63. The van der Waals surface area contributed by atoms with Gasteiger partial charge < -0.3 is 9.47 Å². The first-order valence-corrected chi connectivity index (χ1v) is 3.42. The summed E-state index contributed by atoms with van der Waals surface area (Å²) < 4.78 is 8.41. The van der Waals surface area contributed by atoms with Crippen LogP contribution < -0.4 is 0 Å². The Morgan fingerprint density at radius 3 is 2.17 bits per heavy atom. The first-order valence-electron chi connectivity index (χ1n) is 3.42. The number of carbonyl (C=O) groups is 3. The first-order chi connectivity index (χ1) is 5.63. The van der Waals surface area contributed by atoms with Crippen LogP contribution in [0.25, 0.3) is 0 Å². The van der Waals surface area contributed by atoms with Gasteiger partial charge in [0.2, 0.25) is 0 Å². The third-order valence-electron chi connectivity index (χ3n) is 0.993. The van der Waals surface area contributed by atoms with Crippen LogP contribution in [0.4, 0.5) is 0 Å². The molecule has 0 saturated carbocycles. The molecule has 0 unspecified atom stereocenters. The average molecular weight is 174 g/mol. The average Bonchev–Trinajstić information content (AvgIpc) is 2.11. The van der Waals surface area contributed by atoms with E-state index in [-0.39, 0.29) is 6.61 Å². The Bertz CT molecular complexity index is 196. The highest BCUT2D eigenvalue weighted by atomic mass is 16.6. The summed E-state index contributed by atoms with van der Waals surface area (Å²) in [4.78, 5) is 31.7. The van der Waals surface area contributed by atoms with Gasteiger partial charge in [0.15, 0.2) is 0 Å². The van der Waals surface area contributed by atoms with Crippen LogP contribution in [-0.4, -0.2) is 31.4 Å². The predicted molar refractivity (Wildman–Crippen MR) is 38.3 cm³/mol. The van der Waals surface area contributed by atoms with Gasteiger partial charge in [-0.1, -0.05) is 6.92 Å². The second-order valence-corrected chi connectivity index (χ2v) is 1.96. The molecular weight excluding hydrogens is 164 g/mol. The Morgan fingerprint density at radius 1 is 1.17 bits per heavy atom. The lowest BCUT2D eigenvalue weighted by atomic mass is 10.4. The van der Waals surface area contributed by atoms with E-state index in [1.54, 1.807) is 6.92 Å². The molecule has 0 atom stereocenters. The van der Waals surface area contributed by atoms with E-state index in [9.17, 15) is 14.4 Å². The molecule has 0 saturated heterocycles. The molecule has 0 spiro atoms. The highest BCUT2D eigenvalue weighted by Crippen LogP contribution is 1.86. The molecule has 0 aromatic carbocycles. The Balaban J connectivity index is 3.93. The van der Waals surface area contributed by atoms with Gasteiger partial charge in [0.05, 0.1) is 13.7 Å². The van der Waals surface area contributed by atoms with Crippen LogP contribution in [0, 0.1) is 0 Å². The molecule has 0 N–H and O–H groups in total. The van der Waals surface area contributed by atoms with E-state index < -0.39 is 17.7 Å². The van der Waals surface area contributed by atoms with Crippen molar-refractivity contribution in [1.82, 2.24) is 0 Å². The maximum Gasteiger partial charge on any atom is 0.386 e. The van der Waals surface area contributed by atoms with Gasteiger partial charge in [-0.05, 0) is 6.42 Å². The molecule has 0 radical (unpaired) electrons. The molecule has 0 heterocycles. The standard InChI is InChI=1S/C7H10O5/c1-3-4-12-7(10)5(8)6(9)11-2/h3-4H2,1-2H3.